The highest BCUT2D eigenvalue weighted by atomic mass is 32.2. The van der Waals surface area contributed by atoms with Crippen LogP contribution in [0.4, 0.5) is 5.69 Å². The fourth-order valence-corrected chi connectivity index (χ4v) is 4.02. The molecule has 1 N–H and O–H groups in total. The van der Waals surface area contributed by atoms with Gasteiger partial charge >= 0.3 is 0 Å². The van der Waals surface area contributed by atoms with Crippen LogP contribution in [0.5, 0.6) is 5.75 Å². The smallest absolute Gasteiger partial charge is 0.256 e. The zero-order valence-electron chi connectivity index (χ0n) is 13.2. The fourth-order valence-electron chi connectivity index (χ4n) is 2.20. The number of ether oxygens (including phenoxy) is 1. The first kappa shape index (κ1) is 16.6. The van der Waals surface area contributed by atoms with Gasteiger partial charge in [-0.15, -0.1) is 23.1 Å². The van der Waals surface area contributed by atoms with Crippen molar-refractivity contribution in [2.75, 3.05) is 12.4 Å². The molecular weight excluding hydrogens is 338 g/mol. The Balaban J connectivity index is 1.71. The first-order valence-corrected chi connectivity index (χ1v) is 9.32. The molecule has 122 valence electrons. The van der Waals surface area contributed by atoms with Crippen LogP contribution in [-0.2, 0) is 5.75 Å². The van der Waals surface area contributed by atoms with Gasteiger partial charge in [0.05, 0.1) is 12.7 Å². The predicted octanol–water partition coefficient (Wildman–Crippen LogP) is 5.30. The lowest BCUT2D eigenvalue weighted by atomic mass is 10.2. The molecule has 0 atom stereocenters. The molecule has 3 rings (SSSR count). The molecular formula is C19H17NO2S2. The number of hydrogen-bond acceptors (Lipinski definition) is 4. The number of methoxy groups -OCH3 is 1. The molecule has 0 aliphatic carbocycles. The Morgan fingerprint density at radius 1 is 1.08 bits per heavy atom. The van der Waals surface area contributed by atoms with Gasteiger partial charge in [-0.05, 0) is 47.8 Å². The number of thioether (sulfide) groups is 1. The minimum atomic E-state index is -0.102. The van der Waals surface area contributed by atoms with E-state index in [0.717, 1.165) is 22.1 Å². The fraction of sp³-hybridized carbons (Fsp3) is 0.105. The lowest BCUT2D eigenvalue weighted by Crippen LogP contribution is -2.12. The average Bonchev–Trinajstić information content (AvgIpc) is 3.14. The summed E-state index contributed by atoms with van der Waals surface area (Å²) in [7, 11) is 1.62. The van der Waals surface area contributed by atoms with Crippen molar-refractivity contribution in [3.63, 3.8) is 0 Å². The summed E-state index contributed by atoms with van der Waals surface area (Å²) in [6.45, 7) is 0. The summed E-state index contributed by atoms with van der Waals surface area (Å²) in [6, 6.07) is 19.2. The maximum atomic E-state index is 12.6. The minimum Gasteiger partial charge on any atom is -0.497 e. The Hall–Kier alpha value is -2.24. The van der Waals surface area contributed by atoms with E-state index in [0.29, 0.717) is 5.56 Å². The summed E-state index contributed by atoms with van der Waals surface area (Å²) < 4.78 is 5.13. The number of thiophene rings is 1. The molecule has 0 spiro atoms. The van der Waals surface area contributed by atoms with Gasteiger partial charge in [0, 0.05) is 21.2 Å². The second-order valence-corrected chi connectivity index (χ2v) is 7.10. The summed E-state index contributed by atoms with van der Waals surface area (Å²) in [5.74, 6) is 1.53. The molecule has 0 saturated heterocycles. The molecule has 3 aromatic rings. The van der Waals surface area contributed by atoms with Crippen LogP contribution in [0.3, 0.4) is 0 Å². The molecule has 1 heterocycles. The van der Waals surface area contributed by atoms with Gasteiger partial charge in [-0.1, -0.05) is 18.2 Å². The number of carbonyl (C=O) groups excluding carboxylic acids is 1. The predicted molar refractivity (Wildman–Crippen MR) is 101 cm³/mol. The lowest BCUT2D eigenvalue weighted by molar-refractivity contribution is 0.102. The van der Waals surface area contributed by atoms with Gasteiger partial charge in [-0.2, -0.15) is 0 Å². The van der Waals surface area contributed by atoms with E-state index in [2.05, 4.69) is 16.8 Å². The van der Waals surface area contributed by atoms with Crippen molar-refractivity contribution in [3.8, 4) is 5.75 Å². The maximum Gasteiger partial charge on any atom is 0.256 e. The van der Waals surface area contributed by atoms with Crippen molar-refractivity contribution in [1.29, 1.82) is 0 Å². The Morgan fingerprint density at radius 3 is 2.58 bits per heavy atom. The second kappa shape index (κ2) is 8.04. The van der Waals surface area contributed by atoms with Crippen LogP contribution in [0.1, 0.15) is 15.2 Å². The molecule has 0 aliphatic rings. The van der Waals surface area contributed by atoms with E-state index in [1.807, 2.05) is 54.6 Å². The highest BCUT2D eigenvalue weighted by Crippen LogP contribution is 2.28. The third-order valence-corrected chi connectivity index (χ3v) is 5.61. The normalized spacial score (nSPS) is 10.4. The van der Waals surface area contributed by atoms with E-state index >= 15 is 0 Å². The van der Waals surface area contributed by atoms with E-state index in [1.165, 1.54) is 4.88 Å². The van der Waals surface area contributed by atoms with E-state index in [-0.39, 0.29) is 5.91 Å². The van der Waals surface area contributed by atoms with Gasteiger partial charge in [0.25, 0.3) is 5.91 Å². The summed E-state index contributed by atoms with van der Waals surface area (Å²) in [4.78, 5) is 14.9. The summed E-state index contributed by atoms with van der Waals surface area (Å²) in [5.41, 5.74) is 1.44. The van der Waals surface area contributed by atoms with Crippen LogP contribution in [0.25, 0.3) is 0 Å². The Morgan fingerprint density at radius 2 is 1.88 bits per heavy atom. The molecule has 3 nitrogen and oxygen atoms in total. The van der Waals surface area contributed by atoms with Crippen LogP contribution >= 0.6 is 23.1 Å². The van der Waals surface area contributed by atoms with Crippen molar-refractivity contribution in [3.05, 3.63) is 76.5 Å². The number of anilines is 1. The number of nitrogens with one attached hydrogen (secondary N) is 1. The number of amides is 1. The monoisotopic (exact) mass is 355 g/mol. The van der Waals surface area contributed by atoms with Gasteiger partial charge in [0.2, 0.25) is 0 Å². The Labute approximate surface area is 149 Å². The molecule has 0 aliphatic heterocycles. The number of rotatable bonds is 6. The van der Waals surface area contributed by atoms with Crippen molar-refractivity contribution in [2.45, 2.75) is 10.6 Å². The van der Waals surface area contributed by atoms with Crippen molar-refractivity contribution < 1.29 is 9.53 Å². The largest absolute Gasteiger partial charge is 0.497 e. The highest BCUT2D eigenvalue weighted by molar-refractivity contribution is 7.98. The van der Waals surface area contributed by atoms with Gasteiger partial charge in [0.1, 0.15) is 5.75 Å². The molecule has 1 aromatic heterocycles. The molecule has 2 aromatic carbocycles. The van der Waals surface area contributed by atoms with Gasteiger partial charge in [-0.3, -0.25) is 4.79 Å². The Kier molecular flexibility index (Phi) is 5.56. The molecule has 5 heteroatoms. The quantitative estimate of drug-likeness (QED) is 0.610. The maximum absolute atomic E-state index is 12.6. The zero-order chi connectivity index (χ0) is 16.8. The molecule has 0 unspecified atom stereocenters. The molecule has 1 amide bonds. The second-order valence-electron chi connectivity index (χ2n) is 5.05. The van der Waals surface area contributed by atoms with Gasteiger partial charge in [0.15, 0.2) is 0 Å². The average molecular weight is 355 g/mol. The zero-order valence-corrected chi connectivity index (χ0v) is 14.8. The minimum absolute atomic E-state index is 0.102. The van der Waals surface area contributed by atoms with Gasteiger partial charge < -0.3 is 10.1 Å². The first-order valence-electron chi connectivity index (χ1n) is 7.46. The third-order valence-electron chi connectivity index (χ3n) is 3.43. The molecule has 0 radical (unpaired) electrons. The van der Waals surface area contributed by atoms with Crippen molar-refractivity contribution >= 4 is 34.7 Å². The summed E-state index contributed by atoms with van der Waals surface area (Å²) >= 11 is 3.41. The van der Waals surface area contributed by atoms with E-state index in [9.17, 15) is 4.79 Å². The molecule has 0 saturated carbocycles. The van der Waals surface area contributed by atoms with Crippen molar-refractivity contribution in [1.82, 2.24) is 0 Å². The van der Waals surface area contributed by atoms with E-state index < -0.39 is 0 Å². The number of hydrogen-bond donors (Lipinski definition) is 1. The first-order chi connectivity index (χ1) is 11.8. The summed E-state index contributed by atoms with van der Waals surface area (Å²) in [6.07, 6.45) is 0. The topological polar surface area (TPSA) is 38.3 Å². The van der Waals surface area contributed by atoms with Gasteiger partial charge in [-0.25, -0.2) is 0 Å². The number of carbonyl (C=O) groups is 1. The molecule has 24 heavy (non-hydrogen) atoms. The summed E-state index contributed by atoms with van der Waals surface area (Å²) in [5, 5.41) is 5.01. The third kappa shape index (κ3) is 4.19. The van der Waals surface area contributed by atoms with Crippen LogP contribution in [-0.4, -0.2) is 13.0 Å². The van der Waals surface area contributed by atoms with E-state index in [4.69, 9.17) is 4.74 Å². The van der Waals surface area contributed by atoms with Crippen molar-refractivity contribution in [2.24, 2.45) is 0 Å². The van der Waals surface area contributed by atoms with E-state index in [1.54, 1.807) is 30.2 Å². The standard InChI is InChI=1S/C19H17NO2S2/c1-22-15-10-8-14(9-11-15)20-19(21)17-6-2-3-7-18(17)24-13-16-5-4-12-23-16/h2-12H,13H2,1H3,(H,20,21). The molecule has 0 bridgehead atoms. The number of benzene rings is 2. The van der Waals surface area contributed by atoms with Crippen LogP contribution < -0.4 is 10.1 Å². The van der Waals surface area contributed by atoms with Crippen LogP contribution in [0.2, 0.25) is 0 Å². The highest BCUT2D eigenvalue weighted by Gasteiger charge is 2.12. The lowest BCUT2D eigenvalue weighted by Gasteiger charge is -2.10. The van der Waals surface area contributed by atoms with Crippen LogP contribution in [0.15, 0.2) is 70.9 Å². The SMILES string of the molecule is COc1ccc(NC(=O)c2ccccc2SCc2cccs2)cc1. The Bertz CT molecular complexity index is 798. The molecule has 0 fully saturated rings. The van der Waals surface area contributed by atoms with Crippen LogP contribution in [0, 0.1) is 0 Å².